The number of nitrogens with one attached hydrogen (secondary N) is 1. The first-order valence-corrected chi connectivity index (χ1v) is 9.69. The maximum absolute atomic E-state index is 12.5. The van der Waals surface area contributed by atoms with Crippen molar-refractivity contribution in [3.63, 3.8) is 0 Å². The minimum atomic E-state index is -0.978. The van der Waals surface area contributed by atoms with E-state index in [2.05, 4.69) is 5.32 Å². The van der Waals surface area contributed by atoms with Gasteiger partial charge in [-0.1, -0.05) is 42.5 Å². The minimum Gasteiger partial charge on any atom is -0.481 e. The average Bonchev–Trinajstić information content (AvgIpc) is 2.76. The van der Waals surface area contributed by atoms with Crippen molar-refractivity contribution in [2.45, 2.75) is 13.5 Å². The van der Waals surface area contributed by atoms with Gasteiger partial charge in [-0.3, -0.25) is 9.59 Å². The van der Waals surface area contributed by atoms with Gasteiger partial charge in [-0.15, -0.1) is 0 Å². The largest absolute Gasteiger partial charge is 0.481 e. The van der Waals surface area contributed by atoms with Gasteiger partial charge in [0.1, 0.15) is 5.75 Å². The smallest absolute Gasteiger partial charge is 0.336 e. The van der Waals surface area contributed by atoms with Gasteiger partial charge >= 0.3 is 5.97 Å². The first kappa shape index (κ1) is 20.2. The highest BCUT2D eigenvalue weighted by atomic mass is 16.5. The third kappa shape index (κ3) is 4.25. The normalized spacial score (nSPS) is 12.7. The molecule has 2 amide bonds. The molecule has 0 aromatic heterocycles. The van der Waals surface area contributed by atoms with Crippen molar-refractivity contribution in [1.29, 1.82) is 0 Å². The van der Waals surface area contributed by atoms with Crippen LogP contribution < -0.4 is 15.0 Å². The molecule has 0 aliphatic carbocycles. The Labute approximate surface area is 178 Å². The number of hydrogen-bond donors (Lipinski definition) is 2. The highest BCUT2D eigenvalue weighted by Crippen LogP contribution is 2.35. The molecule has 156 valence electrons. The van der Waals surface area contributed by atoms with Gasteiger partial charge in [0, 0.05) is 18.7 Å². The monoisotopic (exact) mass is 416 g/mol. The van der Waals surface area contributed by atoms with Gasteiger partial charge in [0.15, 0.2) is 6.61 Å². The van der Waals surface area contributed by atoms with Crippen LogP contribution in [-0.2, 0) is 16.1 Å². The van der Waals surface area contributed by atoms with E-state index < -0.39 is 5.97 Å². The van der Waals surface area contributed by atoms with Crippen LogP contribution in [0.25, 0.3) is 11.1 Å². The van der Waals surface area contributed by atoms with Crippen molar-refractivity contribution in [3.8, 4) is 16.9 Å². The number of anilines is 2. The van der Waals surface area contributed by atoms with Crippen LogP contribution in [0.5, 0.6) is 5.75 Å². The van der Waals surface area contributed by atoms with E-state index in [-0.39, 0.29) is 24.0 Å². The van der Waals surface area contributed by atoms with E-state index in [1.54, 1.807) is 47.4 Å². The SMILES string of the molecule is CC(=O)Nc1ccc2c(c1)OCC(=O)N2Cc1ccc(-c2ccccc2C(=O)O)cc1. The molecular formula is C24H20N2O5. The van der Waals surface area contributed by atoms with Crippen LogP contribution in [0, 0.1) is 0 Å². The molecular weight excluding hydrogens is 396 g/mol. The quantitative estimate of drug-likeness (QED) is 0.657. The zero-order valence-electron chi connectivity index (χ0n) is 16.8. The Kier molecular flexibility index (Phi) is 5.41. The molecule has 1 aliphatic heterocycles. The molecule has 0 spiro atoms. The summed E-state index contributed by atoms with van der Waals surface area (Å²) in [7, 11) is 0. The summed E-state index contributed by atoms with van der Waals surface area (Å²) in [6, 6.07) is 19.5. The van der Waals surface area contributed by atoms with Crippen molar-refractivity contribution in [2.75, 3.05) is 16.8 Å². The topological polar surface area (TPSA) is 95.9 Å². The maximum atomic E-state index is 12.5. The van der Waals surface area contributed by atoms with Crippen molar-refractivity contribution >= 4 is 29.2 Å². The molecule has 0 bridgehead atoms. The van der Waals surface area contributed by atoms with Gasteiger partial charge in [0.05, 0.1) is 17.8 Å². The van der Waals surface area contributed by atoms with Crippen LogP contribution in [0.3, 0.4) is 0 Å². The Morgan fingerprint density at radius 1 is 1.06 bits per heavy atom. The summed E-state index contributed by atoms with van der Waals surface area (Å²) in [6.45, 7) is 1.69. The summed E-state index contributed by atoms with van der Waals surface area (Å²) < 4.78 is 5.54. The molecule has 0 atom stereocenters. The molecule has 0 saturated heterocycles. The predicted molar refractivity (Wildman–Crippen MR) is 116 cm³/mol. The third-order valence-corrected chi connectivity index (χ3v) is 4.99. The Hall–Kier alpha value is -4.13. The summed E-state index contributed by atoms with van der Waals surface area (Å²) in [5.74, 6) is -0.806. The van der Waals surface area contributed by atoms with E-state index in [0.717, 1.165) is 11.1 Å². The lowest BCUT2D eigenvalue weighted by Gasteiger charge is -2.30. The van der Waals surface area contributed by atoms with Gasteiger partial charge in [0.2, 0.25) is 5.91 Å². The Morgan fingerprint density at radius 2 is 1.81 bits per heavy atom. The van der Waals surface area contributed by atoms with E-state index >= 15 is 0 Å². The Morgan fingerprint density at radius 3 is 2.52 bits per heavy atom. The fraction of sp³-hybridized carbons (Fsp3) is 0.125. The molecule has 0 radical (unpaired) electrons. The van der Waals surface area contributed by atoms with E-state index in [1.165, 1.54) is 6.92 Å². The highest BCUT2D eigenvalue weighted by molar-refractivity contribution is 5.99. The first-order valence-electron chi connectivity index (χ1n) is 9.69. The predicted octanol–water partition coefficient (Wildman–Crippen LogP) is 3.94. The molecule has 0 unspecified atom stereocenters. The number of carboxylic acids is 1. The van der Waals surface area contributed by atoms with E-state index in [4.69, 9.17) is 4.74 Å². The van der Waals surface area contributed by atoms with Crippen LogP contribution in [-0.4, -0.2) is 29.5 Å². The number of ether oxygens (including phenoxy) is 1. The van der Waals surface area contributed by atoms with Gasteiger partial charge in [-0.2, -0.15) is 0 Å². The molecule has 0 fully saturated rings. The zero-order valence-corrected chi connectivity index (χ0v) is 16.8. The lowest BCUT2D eigenvalue weighted by Crippen LogP contribution is -2.38. The molecule has 3 aromatic carbocycles. The number of hydrogen-bond acceptors (Lipinski definition) is 4. The van der Waals surface area contributed by atoms with Crippen LogP contribution in [0.4, 0.5) is 11.4 Å². The fourth-order valence-electron chi connectivity index (χ4n) is 3.55. The number of fused-ring (bicyclic) bond motifs is 1. The summed E-state index contributed by atoms with van der Waals surface area (Å²) in [5.41, 5.74) is 3.79. The van der Waals surface area contributed by atoms with Crippen LogP contribution >= 0.6 is 0 Å². The van der Waals surface area contributed by atoms with Crippen molar-refractivity contribution in [3.05, 3.63) is 77.9 Å². The zero-order chi connectivity index (χ0) is 22.0. The van der Waals surface area contributed by atoms with Crippen molar-refractivity contribution < 1.29 is 24.2 Å². The first-order chi connectivity index (χ1) is 14.9. The molecule has 0 saturated carbocycles. The second-order valence-corrected chi connectivity index (χ2v) is 7.18. The number of benzene rings is 3. The lowest BCUT2D eigenvalue weighted by atomic mass is 9.98. The van der Waals surface area contributed by atoms with E-state index in [0.29, 0.717) is 29.2 Å². The highest BCUT2D eigenvalue weighted by Gasteiger charge is 2.26. The number of amides is 2. The number of carboxylic acid groups (broad SMARTS) is 1. The molecule has 1 aliphatic rings. The standard InChI is InChI=1S/C24H20N2O5/c1-15(27)25-18-10-11-21-22(12-18)31-14-23(28)26(21)13-16-6-8-17(9-7-16)19-4-2-3-5-20(19)24(29)30/h2-12H,13-14H2,1H3,(H,25,27)(H,29,30). The van der Waals surface area contributed by atoms with Crippen molar-refractivity contribution in [1.82, 2.24) is 0 Å². The number of carbonyl (C=O) groups excluding carboxylic acids is 2. The van der Waals surface area contributed by atoms with E-state index in [9.17, 15) is 19.5 Å². The molecule has 2 N–H and O–H groups in total. The van der Waals surface area contributed by atoms with Gasteiger partial charge in [-0.05, 0) is 34.9 Å². The van der Waals surface area contributed by atoms with Crippen molar-refractivity contribution in [2.24, 2.45) is 0 Å². The summed E-state index contributed by atoms with van der Waals surface area (Å²) in [6.07, 6.45) is 0. The van der Waals surface area contributed by atoms with Gasteiger partial charge in [0.25, 0.3) is 5.91 Å². The Balaban J connectivity index is 1.58. The minimum absolute atomic E-state index is 0.0827. The molecule has 7 heteroatoms. The summed E-state index contributed by atoms with van der Waals surface area (Å²) in [4.78, 5) is 36.9. The number of carbonyl (C=O) groups is 3. The van der Waals surface area contributed by atoms with Gasteiger partial charge < -0.3 is 20.1 Å². The number of nitrogens with zero attached hydrogens (tertiary/aromatic N) is 1. The third-order valence-electron chi connectivity index (χ3n) is 4.99. The second kappa shape index (κ2) is 8.31. The summed E-state index contributed by atoms with van der Waals surface area (Å²) >= 11 is 0. The maximum Gasteiger partial charge on any atom is 0.336 e. The number of aromatic carboxylic acids is 1. The molecule has 31 heavy (non-hydrogen) atoms. The molecule has 7 nitrogen and oxygen atoms in total. The van der Waals surface area contributed by atoms with E-state index in [1.807, 2.05) is 24.3 Å². The molecule has 3 aromatic rings. The van der Waals surface area contributed by atoms with Crippen LogP contribution in [0.1, 0.15) is 22.8 Å². The molecule has 4 rings (SSSR count). The average molecular weight is 416 g/mol. The fourth-order valence-corrected chi connectivity index (χ4v) is 3.55. The second-order valence-electron chi connectivity index (χ2n) is 7.18. The number of rotatable bonds is 5. The summed E-state index contributed by atoms with van der Waals surface area (Å²) in [5, 5.41) is 12.1. The lowest BCUT2D eigenvalue weighted by molar-refractivity contribution is -0.121. The molecule has 1 heterocycles. The van der Waals surface area contributed by atoms with Crippen LogP contribution in [0.15, 0.2) is 66.7 Å². The van der Waals surface area contributed by atoms with Gasteiger partial charge in [-0.25, -0.2) is 4.79 Å². The Bertz CT molecular complexity index is 1170. The van der Waals surface area contributed by atoms with Crippen LogP contribution in [0.2, 0.25) is 0 Å².